The van der Waals surface area contributed by atoms with Crippen molar-refractivity contribution in [3.8, 4) is 0 Å². The molecule has 1 aromatic carbocycles. The summed E-state index contributed by atoms with van der Waals surface area (Å²) in [6.07, 6.45) is 0.373. The van der Waals surface area contributed by atoms with Crippen molar-refractivity contribution in [2.24, 2.45) is 5.10 Å². The number of hydrazone groups is 1. The molecular formula is C10H9ClN2O. The molecule has 72 valence electrons. The van der Waals surface area contributed by atoms with Crippen molar-refractivity contribution in [1.82, 2.24) is 5.01 Å². The van der Waals surface area contributed by atoms with E-state index in [0.29, 0.717) is 11.4 Å². The number of nitrogens with zero attached hydrogens (tertiary/aromatic N) is 2. The Labute approximate surface area is 87.0 Å². The van der Waals surface area contributed by atoms with E-state index in [-0.39, 0.29) is 5.91 Å². The molecular weight excluding hydrogens is 200 g/mol. The molecule has 0 N–H and O–H groups in total. The molecule has 0 radical (unpaired) electrons. The molecule has 1 aliphatic rings. The highest BCUT2D eigenvalue weighted by molar-refractivity contribution is 6.30. The molecule has 0 saturated heterocycles. The van der Waals surface area contributed by atoms with Crippen LogP contribution in [0.15, 0.2) is 29.4 Å². The van der Waals surface area contributed by atoms with Crippen molar-refractivity contribution in [1.29, 1.82) is 0 Å². The van der Waals surface area contributed by atoms with Crippen LogP contribution in [0.1, 0.15) is 12.0 Å². The Balaban J connectivity index is 2.29. The lowest BCUT2D eigenvalue weighted by Gasteiger charge is -1.99. The molecule has 0 fully saturated rings. The van der Waals surface area contributed by atoms with Gasteiger partial charge in [0.25, 0.3) is 0 Å². The minimum atomic E-state index is 0.0231. The van der Waals surface area contributed by atoms with Gasteiger partial charge in [0.05, 0.1) is 12.1 Å². The molecule has 1 amide bonds. The van der Waals surface area contributed by atoms with E-state index in [4.69, 9.17) is 11.6 Å². The zero-order valence-corrected chi connectivity index (χ0v) is 8.45. The number of halogens is 1. The van der Waals surface area contributed by atoms with Crippen LogP contribution in [0.2, 0.25) is 5.02 Å². The molecule has 0 aliphatic carbocycles. The highest BCUT2D eigenvalue weighted by Crippen LogP contribution is 2.16. The van der Waals surface area contributed by atoms with Crippen molar-refractivity contribution >= 4 is 23.2 Å². The standard InChI is InChI=1S/C10H9ClN2O/c1-13-10(14)6-9(12-13)7-2-4-8(11)5-3-7/h2-5H,6H2,1H3. The predicted molar refractivity (Wildman–Crippen MR) is 55.4 cm³/mol. The first-order chi connectivity index (χ1) is 6.66. The average Bonchev–Trinajstić information content (AvgIpc) is 2.48. The summed E-state index contributed by atoms with van der Waals surface area (Å²) >= 11 is 5.76. The smallest absolute Gasteiger partial charge is 0.248 e. The quantitative estimate of drug-likeness (QED) is 0.694. The Bertz CT molecular complexity index is 397. The molecule has 0 saturated carbocycles. The van der Waals surface area contributed by atoms with Gasteiger partial charge in [-0.2, -0.15) is 5.10 Å². The van der Waals surface area contributed by atoms with Crippen molar-refractivity contribution in [2.75, 3.05) is 7.05 Å². The van der Waals surface area contributed by atoms with Gasteiger partial charge in [-0.25, -0.2) is 5.01 Å². The topological polar surface area (TPSA) is 32.7 Å². The van der Waals surface area contributed by atoms with Crippen LogP contribution in [0, 0.1) is 0 Å². The Hall–Kier alpha value is -1.35. The fourth-order valence-electron chi connectivity index (χ4n) is 1.33. The number of carbonyl (C=O) groups is 1. The molecule has 1 aliphatic heterocycles. The van der Waals surface area contributed by atoms with E-state index < -0.39 is 0 Å². The second kappa shape index (κ2) is 3.42. The second-order valence-electron chi connectivity index (χ2n) is 3.15. The van der Waals surface area contributed by atoms with Crippen molar-refractivity contribution in [3.63, 3.8) is 0 Å². The third kappa shape index (κ3) is 1.63. The van der Waals surface area contributed by atoms with Gasteiger partial charge in [0, 0.05) is 12.1 Å². The SMILES string of the molecule is CN1N=C(c2ccc(Cl)cc2)CC1=O. The third-order valence-electron chi connectivity index (χ3n) is 2.13. The molecule has 0 unspecified atom stereocenters. The zero-order valence-electron chi connectivity index (χ0n) is 7.70. The highest BCUT2D eigenvalue weighted by atomic mass is 35.5. The summed E-state index contributed by atoms with van der Waals surface area (Å²) in [6, 6.07) is 7.33. The fourth-order valence-corrected chi connectivity index (χ4v) is 1.46. The van der Waals surface area contributed by atoms with Gasteiger partial charge in [0.1, 0.15) is 0 Å². The molecule has 14 heavy (non-hydrogen) atoms. The van der Waals surface area contributed by atoms with E-state index in [1.807, 2.05) is 12.1 Å². The highest BCUT2D eigenvalue weighted by Gasteiger charge is 2.20. The van der Waals surface area contributed by atoms with E-state index in [0.717, 1.165) is 11.3 Å². The summed E-state index contributed by atoms with van der Waals surface area (Å²) < 4.78 is 0. The molecule has 3 nitrogen and oxygen atoms in total. The van der Waals surface area contributed by atoms with Gasteiger partial charge in [-0.05, 0) is 17.7 Å². The van der Waals surface area contributed by atoms with E-state index >= 15 is 0 Å². The maximum atomic E-state index is 11.2. The van der Waals surface area contributed by atoms with Gasteiger partial charge in [-0.3, -0.25) is 4.79 Å². The van der Waals surface area contributed by atoms with Crippen LogP contribution < -0.4 is 0 Å². The minimum Gasteiger partial charge on any atom is -0.273 e. The Morgan fingerprint density at radius 1 is 1.36 bits per heavy atom. The van der Waals surface area contributed by atoms with Crippen LogP contribution in [-0.2, 0) is 4.79 Å². The average molecular weight is 209 g/mol. The summed E-state index contributed by atoms with van der Waals surface area (Å²) in [5, 5.41) is 6.18. The summed E-state index contributed by atoms with van der Waals surface area (Å²) in [5.74, 6) is 0.0231. The number of carbonyl (C=O) groups excluding carboxylic acids is 1. The maximum Gasteiger partial charge on any atom is 0.248 e. The molecule has 4 heteroatoms. The van der Waals surface area contributed by atoms with Gasteiger partial charge in [-0.15, -0.1) is 0 Å². The molecule has 2 rings (SSSR count). The maximum absolute atomic E-state index is 11.2. The lowest BCUT2D eigenvalue weighted by Crippen LogP contribution is -2.14. The van der Waals surface area contributed by atoms with Crippen molar-refractivity contribution < 1.29 is 4.79 Å². The lowest BCUT2D eigenvalue weighted by molar-refractivity contribution is -0.127. The van der Waals surface area contributed by atoms with Gasteiger partial charge in [-0.1, -0.05) is 23.7 Å². The molecule has 0 bridgehead atoms. The van der Waals surface area contributed by atoms with E-state index in [1.54, 1.807) is 19.2 Å². The monoisotopic (exact) mass is 208 g/mol. The van der Waals surface area contributed by atoms with Crippen LogP contribution in [-0.4, -0.2) is 23.7 Å². The van der Waals surface area contributed by atoms with Crippen LogP contribution >= 0.6 is 11.6 Å². The summed E-state index contributed by atoms with van der Waals surface area (Å²) in [4.78, 5) is 11.2. The van der Waals surface area contributed by atoms with Crippen LogP contribution in [0.4, 0.5) is 0 Å². The Morgan fingerprint density at radius 3 is 2.50 bits per heavy atom. The van der Waals surface area contributed by atoms with E-state index in [9.17, 15) is 4.79 Å². The normalized spacial score (nSPS) is 16.0. The number of hydrogen-bond acceptors (Lipinski definition) is 2. The van der Waals surface area contributed by atoms with Gasteiger partial charge >= 0.3 is 0 Å². The first-order valence-electron chi connectivity index (χ1n) is 4.27. The largest absolute Gasteiger partial charge is 0.273 e. The number of amides is 1. The fraction of sp³-hybridized carbons (Fsp3) is 0.200. The molecule has 0 atom stereocenters. The molecule has 0 spiro atoms. The van der Waals surface area contributed by atoms with Crippen LogP contribution in [0.5, 0.6) is 0 Å². The minimum absolute atomic E-state index is 0.0231. The van der Waals surface area contributed by atoms with Gasteiger partial charge < -0.3 is 0 Å². The van der Waals surface area contributed by atoms with Gasteiger partial charge in [0.15, 0.2) is 0 Å². The zero-order chi connectivity index (χ0) is 10.1. The Kier molecular flexibility index (Phi) is 2.25. The number of rotatable bonds is 1. The Morgan fingerprint density at radius 2 is 2.00 bits per heavy atom. The second-order valence-corrected chi connectivity index (χ2v) is 3.58. The summed E-state index contributed by atoms with van der Waals surface area (Å²) in [5.41, 5.74) is 1.75. The molecule has 1 aromatic rings. The van der Waals surface area contributed by atoms with Gasteiger partial charge in [0.2, 0.25) is 5.91 Å². The first-order valence-corrected chi connectivity index (χ1v) is 4.64. The number of hydrogen-bond donors (Lipinski definition) is 0. The van der Waals surface area contributed by atoms with Crippen LogP contribution in [0.25, 0.3) is 0 Å². The first kappa shape index (κ1) is 9.21. The molecule has 0 aromatic heterocycles. The third-order valence-corrected chi connectivity index (χ3v) is 2.38. The summed E-state index contributed by atoms with van der Waals surface area (Å²) in [6.45, 7) is 0. The van der Waals surface area contributed by atoms with Crippen LogP contribution in [0.3, 0.4) is 0 Å². The van der Waals surface area contributed by atoms with E-state index in [2.05, 4.69) is 5.10 Å². The lowest BCUT2D eigenvalue weighted by atomic mass is 10.1. The van der Waals surface area contributed by atoms with Crippen molar-refractivity contribution in [2.45, 2.75) is 6.42 Å². The van der Waals surface area contributed by atoms with Crippen molar-refractivity contribution in [3.05, 3.63) is 34.9 Å². The molecule has 1 heterocycles. The predicted octanol–water partition coefficient (Wildman–Crippen LogP) is 1.91. The summed E-state index contributed by atoms with van der Waals surface area (Å²) in [7, 11) is 1.66. The number of benzene rings is 1. The van der Waals surface area contributed by atoms with E-state index in [1.165, 1.54) is 5.01 Å².